The number of aromatic nitrogens is 4. The molecule has 4 rings (SSSR count). The molecule has 1 N–H and O–H groups in total. The number of rotatable bonds is 7. The largest absolute Gasteiger partial charge is 0.496 e. The Bertz CT molecular complexity index is 1190. The Hall–Kier alpha value is -2.36. The van der Waals surface area contributed by atoms with Crippen LogP contribution in [0.1, 0.15) is 26.2 Å². The van der Waals surface area contributed by atoms with Gasteiger partial charge < -0.3 is 14.7 Å². The van der Waals surface area contributed by atoms with Crippen LogP contribution in [0.25, 0.3) is 16.6 Å². The smallest absolute Gasteiger partial charge is 0.306 e. The molecule has 168 valence electrons. The topological polar surface area (TPSA) is 93.4 Å². The van der Waals surface area contributed by atoms with Crippen LogP contribution < -0.4 is 4.90 Å². The SMILES string of the molecule is C=C(OCCC(=O)O)[C@@H]1CC[C@H](C)N1c1cc(-n2cncn2)c2cc(Br)c(Cl)c(Cl)c2n1. The lowest BCUT2D eigenvalue weighted by molar-refractivity contribution is -0.137. The van der Waals surface area contributed by atoms with Crippen molar-refractivity contribution >= 4 is 61.8 Å². The number of pyridine rings is 1. The minimum absolute atomic E-state index is 0.0672. The molecule has 2 aromatic heterocycles. The van der Waals surface area contributed by atoms with Gasteiger partial charge in [-0.25, -0.2) is 14.6 Å². The van der Waals surface area contributed by atoms with Gasteiger partial charge in [0, 0.05) is 22.0 Å². The molecule has 0 spiro atoms. The summed E-state index contributed by atoms with van der Waals surface area (Å²) in [5, 5.41) is 14.6. The fraction of sp³-hybridized carbons (Fsp3) is 0.333. The van der Waals surface area contributed by atoms with Crippen molar-refractivity contribution in [3.05, 3.63) is 51.6 Å². The van der Waals surface area contributed by atoms with Gasteiger partial charge in [-0.1, -0.05) is 29.8 Å². The second-order valence-corrected chi connectivity index (χ2v) is 9.14. The molecular weight excluding hydrogens is 521 g/mol. The van der Waals surface area contributed by atoms with Crippen LogP contribution in [-0.2, 0) is 9.53 Å². The molecule has 2 atom stereocenters. The molecule has 0 aliphatic carbocycles. The van der Waals surface area contributed by atoms with Crippen molar-refractivity contribution in [3.63, 3.8) is 0 Å². The van der Waals surface area contributed by atoms with Crippen molar-refractivity contribution < 1.29 is 14.6 Å². The fourth-order valence-electron chi connectivity index (χ4n) is 3.94. The molecule has 1 aliphatic heterocycles. The third-order valence-electron chi connectivity index (χ3n) is 5.48. The maximum atomic E-state index is 10.8. The maximum Gasteiger partial charge on any atom is 0.306 e. The van der Waals surface area contributed by atoms with Crippen molar-refractivity contribution in [3.8, 4) is 5.69 Å². The third kappa shape index (κ3) is 4.29. The Morgan fingerprint density at radius 3 is 2.81 bits per heavy atom. The van der Waals surface area contributed by atoms with Gasteiger partial charge in [0.15, 0.2) is 0 Å². The first-order valence-electron chi connectivity index (χ1n) is 9.93. The van der Waals surface area contributed by atoms with Crippen molar-refractivity contribution in [2.24, 2.45) is 0 Å². The van der Waals surface area contributed by atoms with Crippen molar-refractivity contribution in [1.82, 2.24) is 19.7 Å². The van der Waals surface area contributed by atoms with E-state index in [0.29, 0.717) is 31.6 Å². The number of halogens is 3. The number of ether oxygens (including phenoxy) is 1. The molecule has 3 aromatic rings. The van der Waals surface area contributed by atoms with Gasteiger partial charge in [-0.3, -0.25) is 4.79 Å². The highest BCUT2D eigenvalue weighted by Crippen LogP contribution is 2.41. The standard InChI is InChI=1S/C21H20BrCl2N5O3/c1-11-3-4-15(12(2)32-6-5-18(30)31)29(11)17-8-16(28-10-25-9-26-28)13-7-14(22)19(23)20(24)21(13)27-17/h7-11,15H,2-6H2,1H3,(H,30,31)/t11-,15-/m0/s1. The van der Waals surface area contributed by atoms with E-state index in [1.807, 2.05) is 12.1 Å². The molecule has 8 nitrogen and oxygen atoms in total. The van der Waals surface area contributed by atoms with E-state index in [0.717, 1.165) is 23.9 Å². The van der Waals surface area contributed by atoms with Gasteiger partial charge in [0.2, 0.25) is 0 Å². The van der Waals surface area contributed by atoms with Crippen LogP contribution in [0.4, 0.5) is 5.82 Å². The van der Waals surface area contributed by atoms with E-state index in [2.05, 4.69) is 44.4 Å². The lowest BCUT2D eigenvalue weighted by Gasteiger charge is -2.31. The van der Waals surface area contributed by atoms with E-state index >= 15 is 0 Å². The average molecular weight is 541 g/mol. The lowest BCUT2D eigenvalue weighted by Crippen LogP contribution is -2.37. The average Bonchev–Trinajstić information content (AvgIpc) is 3.41. The number of anilines is 1. The van der Waals surface area contributed by atoms with Gasteiger partial charge in [0.05, 0.1) is 40.3 Å². The third-order valence-corrected chi connectivity index (χ3v) is 7.19. The number of fused-ring (bicyclic) bond motifs is 1. The van der Waals surface area contributed by atoms with Crippen molar-refractivity contribution in [2.45, 2.75) is 38.3 Å². The van der Waals surface area contributed by atoms with E-state index < -0.39 is 5.97 Å². The summed E-state index contributed by atoms with van der Waals surface area (Å²) in [5.41, 5.74) is 1.29. The normalized spacial score (nSPS) is 18.3. The summed E-state index contributed by atoms with van der Waals surface area (Å²) in [6.45, 7) is 6.22. The molecule has 1 fully saturated rings. The molecule has 0 radical (unpaired) electrons. The molecule has 11 heteroatoms. The Morgan fingerprint density at radius 2 is 2.12 bits per heavy atom. The van der Waals surface area contributed by atoms with E-state index in [9.17, 15) is 4.79 Å². The number of aliphatic carboxylic acids is 1. The lowest BCUT2D eigenvalue weighted by atomic mass is 10.1. The van der Waals surface area contributed by atoms with Gasteiger partial charge in [0.1, 0.15) is 24.2 Å². The van der Waals surface area contributed by atoms with Crippen molar-refractivity contribution in [1.29, 1.82) is 0 Å². The highest BCUT2D eigenvalue weighted by atomic mass is 79.9. The highest BCUT2D eigenvalue weighted by Gasteiger charge is 2.35. The summed E-state index contributed by atoms with van der Waals surface area (Å²) in [7, 11) is 0. The van der Waals surface area contributed by atoms with E-state index in [1.54, 1.807) is 11.0 Å². The van der Waals surface area contributed by atoms with Crippen LogP contribution in [0.15, 0.2) is 41.6 Å². The molecule has 0 unspecified atom stereocenters. The van der Waals surface area contributed by atoms with Crippen LogP contribution in [-0.4, -0.2) is 49.5 Å². The predicted molar refractivity (Wildman–Crippen MR) is 127 cm³/mol. The second kappa shape index (κ2) is 9.25. The highest BCUT2D eigenvalue weighted by molar-refractivity contribution is 9.10. The number of hydrogen-bond acceptors (Lipinski definition) is 6. The first-order valence-corrected chi connectivity index (χ1v) is 11.5. The van der Waals surface area contributed by atoms with E-state index in [-0.39, 0.29) is 25.1 Å². The number of nitrogens with zero attached hydrogens (tertiary/aromatic N) is 5. The summed E-state index contributed by atoms with van der Waals surface area (Å²) in [6, 6.07) is 3.78. The predicted octanol–water partition coefficient (Wildman–Crippen LogP) is 5.25. The van der Waals surface area contributed by atoms with Gasteiger partial charge in [-0.2, -0.15) is 5.10 Å². The molecule has 0 saturated carbocycles. The number of carbonyl (C=O) groups is 1. The summed E-state index contributed by atoms with van der Waals surface area (Å²) >= 11 is 16.4. The molecule has 32 heavy (non-hydrogen) atoms. The first kappa shape index (κ1) is 22.8. The summed E-state index contributed by atoms with van der Waals surface area (Å²) < 4.78 is 7.96. The zero-order valence-corrected chi connectivity index (χ0v) is 20.2. The van der Waals surface area contributed by atoms with Gasteiger partial charge in [-0.15, -0.1) is 0 Å². The van der Waals surface area contributed by atoms with Gasteiger partial charge >= 0.3 is 5.97 Å². The van der Waals surface area contributed by atoms with E-state index in [1.165, 1.54) is 6.33 Å². The zero-order chi connectivity index (χ0) is 23.0. The summed E-state index contributed by atoms with van der Waals surface area (Å²) in [4.78, 5) is 21.9. The Balaban J connectivity index is 1.80. The monoisotopic (exact) mass is 539 g/mol. The molecule has 1 aromatic carbocycles. The minimum atomic E-state index is -0.916. The molecular formula is C21H20BrCl2N5O3. The Labute approximate surface area is 202 Å². The Kier molecular flexibility index (Phi) is 6.60. The van der Waals surface area contributed by atoms with Crippen LogP contribution in [0.2, 0.25) is 10.0 Å². The molecule has 3 heterocycles. The number of carboxylic acid groups (broad SMARTS) is 1. The second-order valence-electron chi connectivity index (χ2n) is 7.53. The molecule has 1 saturated heterocycles. The summed E-state index contributed by atoms with van der Waals surface area (Å²) in [6.07, 6.45) is 4.68. The maximum absolute atomic E-state index is 10.8. The van der Waals surface area contributed by atoms with Crippen LogP contribution in [0.5, 0.6) is 0 Å². The van der Waals surface area contributed by atoms with Crippen LogP contribution >= 0.6 is 39.1 Å². The van der Waals surface area contributed by atoms with Crippen molar-refractivity contribution in [2.75, 3.05) is 11.5 Å². The van der Waals surface area contributed by atoms with Crippen LogP contribution in [0, 0.1) is 0 Å². The van der Waals surface area contributed by atoms with Crippen LogP contribution in [0.3, 0.4) is 0 Å². The molecule has 0 bridgehead atoms. The summed E-state index contributed by atoms with van der Waals surface area (Å²) in [5.74, 6) is 0.266. The quantitative estimate of drug-likeness (QED) is 0.323. The van der Waals surface area contributed by atoms with Gasteiger partial charge in [-0.05, 0) is 41.8 Å². The van der Waals surface area contributed by atoms with Gasteiger partial charge in [0.25, 0.3) is 0 Å². The fourth-order valence-corrected chi connectivity index (χ4v) is 4.87. The number of carboxylic acids is 1. The minimum Gasteiger partial charge on any atom is -0.496 e. The number of benzene rings is 1. The zero-order valence-electron chi connectivity index (χ0n) is 17.1. The Morgan fingerprint density at radius 1 is 1.34 bits per heavy atom. The molecule has 0 amide bonds. The number of hydrogen-bond donors (Lipinski definition) is 1. The van der Waals surface area contributed by atoms with E-state index in [4.69, 9.17) is 38.0 Å². The molecule has 1 aliphatic rings. The first-order chi connectivity index (χ1) is 15.3.